The van der Waals surface area contributed by atoms with Crippen LogP contribution in [0.3, 0.4) is 0 Å². The third kappa shape index (κ3) is 3.32. The number of H-pyrrole nitrogens is 1. The minimum atomic E-state index is 0.136. The van der Waals surface area contributed by atoms with Crippen LogP contribution in [-0.2, 0) is 0 Å². The maximum absolute atomic E-state index is 13.0. The Morgan fingerprint density at radius 2 is 2.25 bits per heavy atom. The lowest BCUT2D eigenvalue weighted by atomic mass is 9.98. The topological polar surface area (TPSA) is 65.6 Å². The number of Topliss-reactive ketones (excluding diaryl/α,β-unsaturated/α-hetero) is 1. The normalized spacial score (nSPS) is 18.9. The molecular formula is C19H26N2O3. The molecule has 130 valence electrons. The monoisotopic (exact) mass is 330 g/mol. The van der Waals surface area contributed by atoms with E-state index in [4.69, 9.17) is 4.74 Å². The minimum absolute atomic E-state index is 0.136. The van der Waals surface area contributed by atoms with Gasteiger partial charge in [-0.1, -0.05) is 6.42 Å². The van der Waals surface area contributed by atoms with Crippen molar-refractivity contribution >= 4 is 16.7 Å². The summed E-state index contributed by atoms with van der Waals surface area (Å²) in [6, 6.07) is 6.09. The summed E-state index contributed by atoms with van der Waals surface area (Å²) < 4.78 is 5.30. The molecule has 2 N–H and O–H groups in total. The zero-order chi connectivity index (χ0) is 17.1. The van der Waals surface area contributed by atoms with Gasteiger partial charge in [-0.3, -0.25) is 9.69 Å². The number of carbonyl (C=O) groups is 1. The molecule has 1 unspecified atom stereocenters. The number of methoxy groups -OCH3 is 1. The van der Waals surface area contributed by atoms with Crippen LogP contribution in [0.25, 0.3) is 10.9 Å². The second-order valence-electron chi connectivity index (χ2n) is 6.59. The van der Waals surface area contributed by atoms with E-state index in [1.165, 1.54) is 6.42 Å². The van der Waals surface area contributed by atoms with Crippen LogP contribution < -0.4 is 4.74 Å². The van der Waals surface area contributed by atoms with Crippen LogP contribution in [-0.4, -0.2) is 53.6 Å². The van der Waals surface area contributed by atoms with Gasteiger partial charge in [-0.25, -0.2) is 0 Å². The smallest absolute Gasteiger partial charge is 0.179 e. The van der Waals surface area contributed by atoms with E-state index in [0.29, 0.717) is 12.6 Å². The number of benzene rings is 1. The van der Waals surface area contributed by atoms with Crippen molar-refractivity contribution < 1.29 is 14.6 Å². The van der Waals surface area contributed by atoms with Crippen molar-refractivity contribution in [1.29, 1.82) is 0 Å². The molecule has 1 aromatic heterocycles. The summed E-state index contributed by atoms with van der Waals surface area (Å²) in [6.07, 6.45) is 4.11. The molecule has 24 heavy (non-hydrogen) atoms. The van der Waals surface area contributed by atoms with Crippen molar-refractivity contribution in [2.75, 3.05) is 26.8 Å². The van der Waals surface area contributed by atoms with E-state index in [0.717, 1.165) is 53.7 Å². The van der Waals surface area contributed by atoms with Gasteiger partial charge in [0.05, 0.1) is 13.7 Å². The van der Waals surface area contributed by atoms with Gasteiger partial charge in [0, 0.05) is 34.8 Å². The summed E-state index contributed by atoms with van der Waals surface area (Å²) in [4.78, 5) is 18.5. The number of nitrogens with one attached hydrogen (secondary N) is 1. The molecule has 3 rings (SSSR count). The second-order valence-corrected chi connectivity index (χ2v) is 6.59. The quantitative estimate of drug-likeness (QED) is 0.799. The Morgan fingerprint density at radius 1 is 1.42 bits per heavy atom. The Labute approximate surface area is 142 Å². The molecule has 0 spiro atoms. The molecule has 0 amide bonds. The van der Waals surface area contributed by atoms with Crippen molar-refractivity contribution in [3.8, 4) is 5.75 Å². The molecule has 5 heteroatoms. The number of aryl methyl sites for hydroxylation is 1. The van der Waals surface area contributed by atoms with Crippen LogP contribution in [0.15, 0.2) is 18.2 Å². The van der Waals surface area contributed by atoms with Gasteiger partial charge in [0.25, 0.3) is 0 Å². The molecule has 1 aromatic carbocycles. The number of aliphatic hydroxyl groups is 1. The van der Waals surface area contributed by atoms with Gasteiger partial charge in [0.1, 0.15) is 5.75 Å². The first-order chi connectivity index (χ1) is 11.6. The molecule has 1 atom stereocenters. The fourth-order valence-corrected chi connectivity index (χ4v) is 3.80. The van der Waals surface area contributed by atoms with E-state index in [9.17, 15) is 9.90 Å². The van der Waals surface area contributed by atoms with Crippen molar-refractivity contribution in [3.05, 3.63) is 29.5 Å². The molecule has 2 aromatic rings. The Hall–Kier alpha value is -1.85. The van der Waals surface area contributed by atoms with Gasteiger partial charge in [-0.15, -0.1) is 0 Å². The predicted octanol–water partition coefficient (Wildman–Crippen LogP) is 2.90. The maximum atomic E-state index is 13.0. The number of carbonyl (C=O) groups excluding carboxylic acids is 1. The SMILES string of the molecule is COc1ccc2[nH]c(C)c(C(=O)CN3CCCCC3CCO)c2c1. The molecule has 5 nitrogen and oxygen atoms in total. The van der Waals surface area contributed by atoms with Crippen molar-refractivity contribution in [2.45, 2.75) is 38.6 Å². The number of aromatic nitrogens is 1. The molecule has 1 aliphatic heterocycles. The number of piperidine rings is 1. The predicted molar refractivity (Wildman–Crippen MR) is 94.8 cm³/mol. The van der Waals surface area contributed by atoms with E-state index in [1.54, 1.807) is 7.11 Å². The Morgan fingerprint density at radius 3 is 3.00 bits per heavy atom. The van der Waals surface area contributed by atoms with E-state index in [1.807, 2.05) is 25.1 Å². The third-order valence-corrected chi connectivity index (χ3v) is 5.03. The van der Waals surface area contributed by atoms with E-state index in [2.05, 4.69) is 9.88 Å². The number of rotatable bonds is 6. The van der Waals surface area contributed by atoms with Gasteiger partial charge in [-0.2, -0.15) is 0 Å². The largest absolute Gasteiger partial charge is 0.497 e. The van der Waals surface area contributed by atoms with Crippen LogP contribution in [0.1, 0.15) is 41.7 Å². The molecular weight excluding hydrogens is 304 g/mol. The van der Waals surface area contributed by atoms with E-state index < -0.39 is 0 Å². The van der Waals surface area contributed by atoms with E-state index >= 15 is 0 Å². The Kier molecular flexibility index (Phi) is 5.21. The summed E-state index contributed by atoms with van der Waals surface area (Å²) in [7, 11) is 1.63. The number of ether oxygens (including phenoxy) is 1. The molecule has 0 saturated carbocycles. The van der Waals surface area contributed by atoms with Crippen molar-refractivity contribution in [2.24, 2.45) is 0 Å². The van der Waals surface area contributed by atoms with Crippen molar-refractivity contribution in [3.63, 3.8) is 0 Å². The highest BCUT2D eigenvalue weighted by Crippen LogP contribution is 2.28. The van der Waals surface area contributed by atoms with Crippen LogP contribution in [0.4, 0.5) is 0 Å². The molecule has 1 aliphatic rings. The summed E-state index contributed by atoms with van der Waals surface area (Å²) in [5.41, 5.74) is 2.62. The highest BCUT2D eigenvalue weighted by atomic mass is 16.5. The number of aliphatic hydroxyl groups excluding tert-OH is 1. The second kappa shape index (κ2) is 7.36. The highest BCUT2D eigenvalue weighted by Gasteiger charge is 2.26. The lowest BCUT2D eigenvalue weighted by Crippen LogP contribution is -2.43. The highest BCUT2D eigenvalue weighted by molar-refractivity contribution is 6.10. The van der Waals surface area contributed by atoms with Crippen LogP contribution >= 0.6 is 0 Å². The summed E-state index contributed by atoms with van der Waals surface area (Å²) in [5.74, 6) is 0.892. The third-order valence-electron chi connectivity index (χ3n) is 5.03. The number of ketones is 1. The minimum Gasteiger partial charge on any atom is -0.497 e. The number of likely N-dealkylation sites (tertiary alicyclic amines) is 1. The molecule has 1 saturated heterocycles. The lowest BCUT2D eigenvalue weighted by Gasteiger charge is -2.34. The van der Waals surface area contributed by atoms with Crippen molar-refractivity contribution in [1.82, 2.24) is 9.88 Å². The molecule has 1 fully saturated rings. The summed E-state index contributed by atoms with van der Waals surface area (Å²) >= 11 is 0. The first-order valence-corrected chi connectivity index (χ1v) is 8.68. The van der Waals surface area contributed by atoms with Crippen LogP contribution in [0, 0.1) is 6.92 Å². The summed E-state index contributed by atoms with van der Waals surface area (Å²) in [6.45, 7) is 3.47. The average Bonchev–Trinajstić information content (AvgIpc) is 2.91. The molecule has 0 bridgehead atoms. The van der Waals surface area contributed by atoms with Gasteiger partial charge in [0.2, 0.25) is 0 Å². The van der Waals surface area contributed by atoms with Gasteiger partial charge in [0.15, 0.2) is 5.78 Å². The van der Waals surface area contributed by atoms with Gasteiger partial charge < -0.3 is 14.8 Å². The number of hydrogen-bond acceptors (Lipinski definition) is 4. The molecule has 0 radical (unpaired) electrons. The number of aromatic amines is 1. The number of nitrogens with zero attached hydrogens (tertiary/aromatic N) is 1. The van der Waals surface area contributed by atoms with E-state index in [-0.39, 0.29) is 12.4 Å². The fraction of sp³-hybridized carbons (Fsp3) is 0.526. The lowest BCUT2D eigenvalue weighted by molar-refractivity contribution is 0.0800. The van der Waals surface area contributed by atoms with Crippen LogP contribution in [0.2, 0.25) is 0 Å². The zero-order valence-corrected chi connectivity index (χ0v) is 14.5. The number of fused-ring (bicyclic) bond motifs is 1. The Balaban J connectivity index is 1.86. The number of hydrogen-bond donors (Lipinski definition) is 2. The fourth-order valence-electron chi connectivity index (χ4n) is 3.80. The molecule has 0 aliphatic carbocycles. The first kappa shape index (κ1) is 17.0. The van der Waals surface area contributed by atoms with Gasteiger partial charge >= 0.3 is 0 Å². The van der Waals surface area contributed by atoms with Gasteiger partial charge in [-0.05, 0) is 50.9 Å². The molecule has 2 heterocycles. The van der Waals surface area contributed by atoms with Crippen LogP contribution in [0.5, 0.6) is 5.75 Å². The standard InChI is InChI=1S/C19H26N2O3/c1-13-19(16-11-15(24-2)6-7-17(16)20-13)18(23)12-21-9-4-3-5-14(21)8-10-22/h6-7,11,14,20,22H,3-5,8-10,12H2,1-2H3. The average molecular weight is 330 g/mol. The maximum Gasteiger partial charge on any atom is 0.179 e. The zero-order valence-electron chi connectivity index (χ0n) is 14.5. The Bertz CT molecular complexity index is 721. The first-order valence-electron chi connectivity index (χ1n) is 8.68. The summed E-state index contributed by atoms with van der Waals surface area (Å²) in [5, 5.41) is 10.2.